The van der Waals surface area contributed by atoms with Crippen molar-refractivity contribution in [2.45, 2.75) is 12.8 Å². The van der Waals surface area contributed by atoms with Crippen molar-refractivity contribution >= 4 is 17.5 Å². The predicted molar refractivity (Wildman–Crippen MR) is 76.3 cm³/mol. The molecule has 0 unspecified atom stereocenters. The minimum Gasteiger partial charge on any atom is -0.352 e. The zero-order valence-electron chi connectivity index (χ0n) is 10.5. The van der Waals surface area contributed by atoms with Crippen LogP contribution in [0.25, 0.3) is 0 Å². The zero-order chi connectivity index (χ0) is 13.5. The molecule has 2 aromatic rings. The van der Waals surface area contributed by atoms with E-state index in [9.17, 15) is 4.79 Å². The first kappa shape index (κ1) is 13.6. The second kappa shape index (κ2) is 6.90. The maximum Gasteiger partial charge on any atom is 0.252 e. The Morgan fingerprint density at radius 3 is 2.79 bits per heavy atom. The molecule has 0 spiro atoms. The number of aryl methyl sites for hydroxylation is 1. The van der Waals surface area contributed by atoms with E-state index in [0.717, 1.165) is 23.4 Å². The number of halogens is 1. The standard InChI is InChI=1S/C15H15ClN2O/c16-14-8-2-1-5-12(14)6-4-10-18-15(19)13-7-3-9-17-11-13/h1-3,5,7-9,11H,4,6,10H2,(H,18,19). The van der Waals surface area contributed by atoms with Gasteiger partial charge in [0.2, 0.25) is 0 Å². The molecule has 1 N–H and O–H groups in total. The molecule has 0 aliphatic rings. The fourth-order valence-electron chi connectivity index (χ4n) is 1.78. The van der Waals surface area contributed by atoms with Gasteiger partial charge in [0.1, 0.15) is 0 Å². The normalized spacial score (nSPS) is 10.2. The first-order chi connectivity index (χ1) is 9.27. The largest absolute Gasteiger partial charge is 0.352 e. The molecule has 0 aliphatic heterocycles. The van der Waals surface area contributed by atoms with Crippen LogP contribution in [0.15, 0.2) is 48.8 Å². The first-order valence-corrected chi connectivity index (χ1v) is 6.57. The number of aromatic nitrogens is 1. The number of pyridine rings is 1. The second-order valence-corrected chi connectivity index (χ2v) is 4.60. The summed E-state index contributed by atoms with van der Waals surface area (Å²) >= 11 is 6.07. The number of hydrogen-bond donors (Lipinski definition) is 1. The van der Waals surface area contributed by atoms with Gasteiger partial charge in [-0.25, -0.2) is 0 Å². The molecule has 0 saturated heterocycles. The summed E-state index contributed by atoms with van der Waals surface area (Å²) in [5.41, 5.74) is 1.69. The number of amides is 1. The number of rotatable bonds is 5. The van der Waals surface area contributed by atoms with E-state index in [2.05, 4.69) is 10.3 Å². The van der Waals surface area contributed by atoms with Crippen molar-refractivity contribution in [3.05, 3.63) is 64.9 Å². The molecule has 0 fully saturated rings. The van der Waals surface area contributed by atoms with E-state index in [0.29, 0.717) is 12.1 Å². The summed E-state index contributed by atoms with van der Waals surface area (Å²) in [7, 11) is 0. The van der Waals surface area contributed by atoms with Gasteiger partial charge in [-0.05, 0) is 36.6 Å². The van der Waals surface area contributed by atoms with Crippen molar-refractivity contribution in [3.8, 4) is 0 Å². The molecule has 98 valence electrons. The van der Waals surface area contributed by atoms with Crippen LogP contribution in [-0.2, 0) is 6.42 Å². The lowest BCUT2D eigenvalue weighted by Crippen LogP contribution is -2.24. The lowest BCUT2D eigenvalue weighted by atomic mass is 10.1. The molecule has 1 amide bonds. The fraction of sp³-hybridized carbons (Fsp3) is 0.200. The number of benzene rings is 1. The molecule has 0 radical (unpaired) electrons. The molecule has 2 rings (SSSR count). The fourth-order valence-corrected chi connectivity index (χ4v) is 2.01. The second-order valence-electron chi connectivity index (χ2n) is 4.19. The summed E-state index contributed by atoms with van der Waals surface area (Å²) in [5, 5.41) is 3.65. The minimum atomic E-state index is -0.0905. The van der Waals surface area contributed by atoms with Crippen LogP contribution >= 0.6 is 11.6 Å². The monoisotopic (exact) mass is 274 g/mol. The highest BCUT2D eigenvalue weighted by atomic mass is 35.5. The Kier molecular flexibility index (Phi) is 4.93. The summed E-state index contributed by atoms with van der Waals surface area (Å²) in [6.07, 6.45) is 4.92. The summed E-state index contributed by atoms with van der Waals surface area (Å²) < 4.78 is 0. The highest BCUT2D eigenvalue weighted by Crippen LogP contribution is 2.16. The van der Waals surface area contributed by atoms with Crippen LogP contribution < -0.4 is 5.32 Å². The average molecular weight is 275 g/mol. The molecular weight excluding hydrogens is 260 g/mol. The van der Waals surface area contributed by atoms with Gasteiger partial charge in [-0.2, -0.15) is 0 Å². The summed E-state index contributed by atoms with van der Waals surface area (Å²) in [5.74, 6) is -0.0905. The molecule has 0 atom stereocenters. The van der Waals surface area contributed by atoms with Gasteiger partial charge in [-0.3, -0.25) is 9.78 Å². The van der Waals surface area contributed by atoms with Crippen LogP contribution in [0.4, 0.5) is 0 Å². The molecule has 1 aromatic carbocycles. The van der Waals surface area contributed by atoms with Crippen LogP contribution in [0.2, 0.25) is 5.02 Å². The molecule has 0 saturated carbocycles. The van der Waals surface area contributed by atoms with Gasteiger partial charge < -0.3 is 5.32 Å². The highest BCUT2D eigenvalue weighted by molar-refractivity contribution is 6.31. The van der Waals surface area contributed by atoms with Crippen molar-refractivity contribution in [2.75, 3.05) is 6.54 Å². The summed E-state index contributed by atoms with van der Waals surface area (Å²) in [6.45, 7) is 0.624. The third kappa shape index (κ3) is 4.07. The number of carbonyl (C=O) groups is 1. The van der Waals surface area contributed by atoms with Crippen LogP contribution in [0, 0.1) is 0 Å². The van der Waals surface area contributed by atoms with E-state index in [1.54, 1.807) is 24.5 Å². The Balaban J connectivity index is 1.76. The van der Waals surface area contributed by atoms with E-state index in [4.69, 9.17) is 11.6 Å². The Labute approximate surface area is 117 Å². The average Bonchev–Trinajstić information content (AvgIpc) is 2.46. The van der Waals surface area contributed by atoms with E-state index in [-0.39, 0.29) is 5.91 Å². The molecule has 0 bridgehead atoms. The number of nitrogens with one attached hydrogen (secondary N) is 1. The van der Waals surface area contributed by atoms with E-state index in [1.807, 2.05) is 24.3 Å². The predicted octanol–water partition coefficient (Wildman–Crippen LogP) is 3.10. The molecule has 0 aliphatic carbocycles. The topological polar surface area (TPSA) is 42.0 Å². The first-order valence-electron chi connectivity index (χ1n) is 6.19. The van der Waals surface area contributed by atoms with Gasteiger partial charge in [0.15, 0.2) is 0 Å². The molecule has 1 aromatic heterocycles. The van der Waals surface area contributed by atoms with Gasteiger partial charge >= 0.3 is 0 Å². The van der Waals surface area contributed by atoms with Gasteiger partial charge in [0, 0.05) is 24.0 Å². The van der Waals surface area contributed by atoms with E-state index in [1.165, 1.54) is 0 Å². The van der Waals surface area contributed by atoms with E-state index < -0.39 is 0 Å². The zero-order valence-corrected chi connectivity index (χ0v) is 11.2. The van der Waals surface area contributed by atoms with E-state index >= 15 is 0 Å². The summed E-state index contributed by atoms with van der Waals surface area (Å²) in [6, 6.07) is 11.3. The Morgan fingerprint density at radius 1 is 1.21 bits per heavy atom. The van der Waals surface area contributed by atoms with Crippen molar-refractivity contribution in [3.63, 3.8) is 0 Å². The van der Waals surface area contributed by atoms with Gasteiger partial charge in [0.05, 0.1) is 5.56 Å². The van der Waals surface area contributed by atoms with Crippen molar-refractivity contribution < 1.29 is 4.79 Å². The molecule has 4 heteroatoms. The Hall–Kier alpha value is -1.87. The molecular formula is C15H15ClN2O. The lowest BCUT2D eigenvalue weighted by molar-refractivity contribution is 0.0953. The SMILES string of the molecule is O=C(NCCCc1ccccc1Cl)c1cccnc1. The molecule has 1 heterocycles. The van der Waals surface area contributed by atoms with Gasteiger partial charge in [-0.1, -0.05) is 29.8 Å². The van der Waals surface area contributed by atoms with Crippen molar-refractivity contribution in [1.29, 1.82) is 0 Å². The van der Waals surface area contributed by atoms with Gasteiger partial charge in [-0.15, -0.1) is 0 Å². The lowest BCUT2D eigenvalue weighted by Gasteiger charge is -2.06. The number of hydrogen-bond acceptors (Lipinski definition) is 2. The van der Waals surface area contributed by atoms with Crippen molar-refractivity contribution in [1.82, 2.24) is 10.3 Å². The third-order valence-corrected chi connectivity index (χ3v) is 3.16. The quantitative estimate of drug-likeness (QED) is 0.852. The minimum absolute atomic E-state index is 0.0905. The van der Waals surface area contributed by atoms with Gasteiger partial charge in [0.25, 0.3) is 5.91 Å². The Bertz CT molecular complexity index is 543. The molecule has 3 nitrogen and oxygen atoms in total. The maximum absolute atomic E-state index is 11.7. The van der Waals surface area contributed by atoms with Crippen LogP contribution in [-0.4, -0.2) is 17.4 Å². The van der Waals surface area contributed by atoms with Crippen LogP contribution in [0.3, 0.4) is 0 Å². The molecule has 19 heavy (non-hydrogen) atoms. The number of carbonyl (C=O) groups excluding carboxylic acids is 1. The maximum atomic E-state index is 11.7. The van der Waals surface area contributed by atoms with Crippen molar-refractivity contribution in [2.24, 2.45) is 0 Å². The summed E-state index contributed by atoms with van der Waals surface area (Å²) in [4.78, 5) is 15.7. The van der Waals surface area contributed by atoms with Crippen LogP contribution in [0.1, 0.15) is 22.3 Å². The third-order valence-electron chi connectivity index (χ3n) is 2.79. The van der Waals surface area contributed by atoms with Crippen LogP contribution in [0.5, 0.6) is 0 Å². The highest BCUT2D eigenvalue weighted by Gasteiger charge is 2.04. The smallest absolute Gasteiger partial charge is 0.252 e. The number of nitrogens with zero attached hydrogens (tertiary/aromatic N) is 1. The Morgan fingerprint density at radius 2 is 2.05 bits per heavy atom.